The first-order chi connectivity index (χ1) is 9.44. The molecule has 2 aliphatic rings. The number of hydrogen-bond acceptors (Lipinski definition) is 2. The highest BCUT2D eigenvalue weighted by atomic mass is 14.9. The summed E-state index contributed by atoms with van der Waals surface area (Å²) in [5.41, 5.74) is 5.32. The monoisotopic (exact) mass is 272 g/mol. The summed E-state index contributed by atoms with van der Waals surface area (Å²) in [6, 6.07) is 6.67. The summed E-state index contributed by atoms with van der Waals surface area (Å²) in [5.74, 6) is 0.799. The first-order valence-corrected chi connectivity index (χ1v) is 8.00. The van der Waals surface area contributed by atoms with E-state index in [1.165, 1.54) is 29.7 Å². The summed E-state index contributed by atoms with van der Waals surface area (Å²) in [4.78, 5) is 0. The van der Waals surface area contributed by atoms with Gasteiger partial charge in [0, 0.05) is 18.8 Å². The standard InChI is InChI=1S/C18H28N2/c1-17(2)16(18(17,3)4)12-19-11-13-7-5-9-15-14(13)8-6-10-20-15/h5,7,9,16,19-20H,6,8,10-12H2,1-4H3. The number of fused-ring (bicyclic) bond motifs is 1. The topological polar surface area (TPSA) is 24.1 Å². The normalized spacial score (nSPS) is 23.0. The first-order valence-electron chi connectivity index (χ1n) is 8.00. The van der Waals surface area contributed by atoms with Crippen molar-refractivity contribution in [2.75, 3.05) is 18.4 Å². The maximum Gasteiger partial charge on any atom is 0.0375 e. The van der Waals surface area contributed by atoms with Gasteiger partial charge in [-0.25, -0.2) is 0 Å². The molecule has 110 valence electrons. The van der Waals surface area contributed by atoms with E-state index in [1.807, 2.05) is 0 Å². The largest absolute Gasteiger partial charge is 0.385 e. The van der Waals surface area contributed by atoms with Crippen molar-refractivity contribution in [2.24, 2.45) is 16.7 Å². The molecule has 1 aromatic rings. The molecule has 0 amide bonds. The van der Waals surface area contributed by atoms with Crippen molar-refractivity contribution in [2.45, 2.75) is 47.1 Å². The van der Waals surface area contributed by atoms with Gasteiger partial charge >= 0.3 is 0 Å². The van der Waals surface area contributed by atoms with Crippen LogP contribution in [0.15, 0.2) is 18.2 Å². The third kappa shape index (κ3) is 2.14. The average Bonchev–Trinajstić information content (AvgIpc) is 2.81. The Balaban J connectivity index is 1.60. The smallest absolute Gasteiger partial charge is 0.0375 e. The number of benzene rings is 1. The third-order valence-corrected chi connectivity index (χ3v) is 6.18. The third-order valence-electron chi connectivity index (χ3n) is 6.18. The van der Waals surface area contributed by atoms with Crippen molar-refractivity contribution in [3.63, 3.8) is 0 Å². The minimum absolute atomic E-state index is 0.484. The van der Waals surface area contributed by atoms with E-state index in [0.717, 1.165) is 25.6 Å². The quantitative estimate of drug-likeness (QED) is 0.871. The maximum absolute atomic E-state index is 3.70. The van der Waals surface area contributed by atoms with E-state index in [1.54, 1.807) is 0 Å². The second-order valence-electron chi connectivity index (χ2n) is 7.60. The zero-order valence-electron chi connectivity index (χ0n) is 13.3. The van der Waals surface area contributed by atoms with E-state index in [0.29, 0.717) is 10.8 Å². The first kappa shape index (κ1) is 13.9. The molecule has 2 heteroatoms. The van der Waals surface area contributed by atoms with Gasteiger partial charge in [0.05, 0.1) is 0 Å². The highest BCUT2D eigenvalue weighted by molar-refractivity contribution is 5.56. The van der Waals surface area contributed by atoms with Gasteiger partial charge in [0.1, 0.15) is 0 Å². The lowest BCUT2D eigenvalue weighted by molar-refractivity contribution is 0.457. The number of nitrogens with one attached hydrogen (secondary N) is 2. The maximum atomic E-state index is 3.70. The van der Waals surface area contributed by atoms with Crippen LogP contribution in [-0.2, 0) is 13.0 Å². The van der Waals surface area contributed by atoms with Gasteiger partial charge in [-0.05, 0) is 53.3 Å². The Bertz CT molecular complexity index is 488. The van der Waals surface area contributed by atoms with Gasteiger partial charge in [0.25, 0.3) is 0 Å². The van der Waals surface area contributed by atoms with Crippen molar-refractivity contribution >= 4 is 5.69 Å². The fourth-order valence-corrected chi connectivity index (χ4v) is 3.94. The van der Waals surface area contributed by atoms with Gasteiger partial charge < -0.3 is 10.6 Å². The molecule has 3 rings (SSSR count). The molecular weight excluding hydrogens is 244 g/mol. The molecule has 0 aromatic heterocycles. The van der Waals surface area contributed by atoms with Gasteiger partial charge in [0.2, 0.25) is 0 Å². The van der Waals surface area contributed by atoms with Crippen LogP contribution in [0.25, 0.3) is 0 Å². The van der Waals surface area contributed by atoms with Crippen LogP contribution in [0.2, 0.25) is 0 Å². The Hall–Kier alpha value is -1.02. The lowest BCUT2D eigenvalue weighted by Crippen LogP contribution is -2.21. The Morgan fingerprint density at radius 3 is 2.65 bits per heavy atom. The Morgan fingerprint density at radius 2 is 1.95 bits per heavy atom. The highest BCUT2D eigenvalue weighted by Crippen LogP contribution is 2.67. The summed E-state index contributed by atoms with van der Waals surface area (Å²) in [6.07, 6.45) is 2.48. The molecule has 0 spiro atoms. The molecule has 0 bridgehead atoms. The minimum Gasteiger partial charge on any atom is -0.385 e. The van der Waals surface area contributed by atoms with Crippen LogP contribution in [0.3, 0.4) is 0 Å². The van der Waals surface area contributed by atoms with Crippen molar-refractivity contribution < 1.29 is 0 Å². The van der Waals surface area contributed by atoms with Gasteiger partial charge in [-0.2, -0.15) is 0 Å². The van der Waals surface area contributed by atoms with Gasteiger partial charge in [0.15, 0.2) is 0 Å². The molecule has 0 radical (unpaired) electrons. The number of rotatable bonds is 4. The Morgan fingerprint density at radius 1 is 1.20 bits per heavy atom. The molecule has 1 aliphatic heterocycles. The summed E-state index contributed by atoms with van der Waals surface area (Å²) in [5, 5.41) is 7.21. The molecule has 1 saturated carbocycles. The highest BCUT2D eigenvalue weighted by Gasteiger charge is 2.63. The summed E-state index contributed by atoms with van der Waals surface area (Å²) < 4.78 is 0. The van der Waals surface area contributed by atoms with Gasteiger partial charge in [-0.3, -0.25) is 0 Å². The van der Waals surface area contributed by atoms with Crippen LogP contribution in [0.5, 0.6) is 0 Å². The van der Waals surface area contributed by atoms with E-state index in [2.05, 4.69) is 56.5 Å². The van der Waals surface area contributed by atoms with E-state index in [4.69, 9.17) is 0 Å². The van der Waals surface area contributed by atoms with Crippen LogP contribution < -0.4 is 10.6 Å². The second-order valence-corrected chi connectivity index (χ2v) is 7.60. The Labute approximate surface area is 123 Å². The molecule has 0 saturated heterocycles. The number of anilines is 1. The lowest BCUT2D eigenvalue weighted by Gasteiger charge is -2.21. The molecule has 2 N–H and O–H groups in total. The van der Waals surface area contributed by atoms with E-state index >= 15 is 0 Å². The second kappa shape index (κ2) is 4.77. The van der Waals surface area contributed by atoms with Crippen molar-refractivity contribution in [3.05, 3.63) is 29.3 Å². The zero-order valence-corrected chi connectivity index (χ0v) is 13.3. The van der Waals surface area contributed by atoms with Crippen molar-refractivity contribution in [1.29, 1.82) is 0 Å². The van der Waals surface area contributed by atoms with Crippen LogP contribution in [0.1, 0.15) is 45.2 Å². The molecular formula is C18H28N2. The molecule has 1 aromatic carbocycles. The zero-order chi connectivity index (χ0) is 14.4. The average molecular weight is 272 g/mol. The SMILES string of the molecule is CC1(C)C(CNCc2cccc3c2CCCN3)C1(C)C. The fourth-order valence-electron chi connectivity index (χ4n) is 3.94. The summed E-state index contributed by atoms with van der Waals surface area (Å²) in [6.45, 7) is 12.8. The lowest BCUT2D eigenvalue weighted by atomic mass is 9.97. The summed E-state index contributed by atoms with van der Waals surface area (Å²) >= 11 is 0. The van der Waals surface area contributed by atoms with E-state index in [-0.39, 0.29) is 0 Å². The Kier molecular flexibility index (Phi) is 3.32. The minimum atomic E-state index is 0.484. The van der Waals surface area contributed by atoms with Crippen molar-refractivity contribution in [1.82, 2.24) is 5.32 Å². The van der Waals surface area contributed by atoms with Crippen LogP contribution in [0.4, 0.5) is 5.69 Å². The molecule has 0 atom stereocenters. The summed E-state index contributed by atoms with van der Waals surface area (Å²) in [7, 11) is 0. The van der Waals surface area contributed by atoms with Crippen LogP contribution in [0, 0.1) is 16.7 Å². The van der Waals surface area contributed by atoms with Gasteiger partial charge in [-0.15, -0.1) is 0 Å². The predicted molar refractivity (Wildman–Crippen MR) is 86.0 cm³/mol. The molecule has 2 nitrogen and oxygen atoms in total. The molecule has 1 fully saturated rings. The van der Waals surface area contributed by atoms with E-state index in [9.17, 15) is 0 Å². The number of hydrogen-bond donors (Lipinski definition) is 2. The molecule has 20 heavy (non-hydrogen) atoms. The van der Waals surface area contributed by atoms with Crippen LogP contribution >= 0.6 is 0 Å². The fraction of sp³-hybridized carbons (Fsp3) is 0.667. The molecule has 1 heterocycles. The van der Waals surface area contributed by atoms with Gasteiger partial charge in [-0.1, -0.05) is 39.8 Å². The van der Waals surface area contributed by atoms with Crippen molar-refractivity contribution in [3.8, 4) is 0 Å². The molecule has 1 aliphatic carbocycles. The molecule has 0 unspecified atom stereocenters. The predicted octanol–water partition coefficient (Wildman–Crippen LogP) is 3.82. The van der Waals surface area contributed by atoms with Crippen LogP contribution in [-0.4, -0.2) is 13.1 Å². The van der Waals surface area contributed by atoms with E-state index < -0.39 is 0 Å².